The SMILES string of the molecule is CCNc1ncc(Br)c(Oc2ccc(CC)cc2)n1. The van der Waals surface area contributed by atoms with Crippen molar-refractivity contribution in [2.24, 2.45) is 0 Å². The summed E-state index contributed by atoms with van der Waals surface area (Å²) in [6.45, 7) is 4.89. The van der Waals surface area contributed by atoms with Crippen molar-refractivity contribution < 1.29 is 4.74 Å². The van der Waals surface area contributed by atoms with Crippen molar-refractivity contribution in [2.45, 2.75) is 20.3 Å². The van der Waals surface area contributed by atoms with Crippen LogP contribution in [-0.2, 0) is 6.42 Å². The summed E-state index contributed by atoms with van der Waals surface area (Å²) in [5, 5.41) is 3.06. The fraction of sp³-hybridized carbons (Fsp3) is 0.286. The first-order valence-corrected chi connectivity index (χ1v) is 7.05. The van der Waals surface area contributed by atoms with Crippen LogP contribution < -0.4 is 10.1 Å². The van der Waals surface area contributed by atoms with Crippen molar-refractivity contribution in [3.63, 3.8) is 0 Å². The molecular weight excluding hydrogens is 306 g/mol. The highest BCUT2D eigenvalue weighted by molar-refractivity contribution is 9.10. The van der Waals surface area contributed by atoms with Gasteiger partial charge >= 0.3 is 0 Å². The van der Waals surface area contributed by atoms with Crippen molar-refractivity contribution in [2.75, 3.05) is 11.9 Å². The lowest BCUT2D eigenvalue weighted by Gasteiger charge is -2.09. The zero-order chi connectivity index (χ0) is 13.7. The molecule has 0 saturated carbocycles. The van der Waals surface area contributed by atoms with Crippen molar-refractivity contribution in [3.05, 3.63) is 40.5 Å². The lowest BCUT2D eigenvalue weighted by Crippen LogP contribution is -2.03. The van der Waals surface area contributed by atoms with E-state index < -0.39 is 0 Å². The van der Waals surface area contributed by atoms with Crippen LogP contribution in [0.3, 0.4) is 0 Å². The van der Waals surface area contributed by atoms with Gasteiger partial charge in [-0.25, -0.2) is 4.98 Å². The summed E-state index contributed by atoms with van der Waals surface area (Å²) < 4.78 is 6.49. The fourth-order valence-electron chi connectivity index (χ4n) is 1.57. The number of nitrogens with one attached hydrogen (secondary N) is 1. The first kappa shape index (κ1) is 13.8. The van der Waals surface area contributed by atoms with Gasteiger partial charge in [0.25, 0.3) is 0 Å². The minimum Gasteiger partial charge on any atom is -0.438 e. The van der Waals surface area contributed by atoms with Gasteiger partial charge in [0.15, 0.2) is 0 Å². The van der Waals surface area contributed by atoms with E-state index in [1.54, 1.807) is 6.20 Å². The number of halogens is 1. The third-order valence-corrected chi connectivity index (χ3v) is 3.14. The molecular formula is C14H16BrN3O. The molecule has 2 rings (SSSR count). The number of rotatable bonds is 5. The van der Waals surface area contributed by atoms with Gasteiger partial charge in [0, 0.05) is 6.54 Å². The summed E-state index contributed by atoms with van der Waals surface area (Å²) in [5.41, 5.74) is 1.28. The number of aromatic nitrogens is 2. The van der Waals surface area contributed by atoms with Gasteiger partial charge in [0.1, 0.15) is 5.75 Å². The van der Waals surface area contributed by atoms with Crippen LogP contribution in [0.15, 0.2) is 34.9 Å². The van der Waals surface area contributed by atoms with Gasteiger partial charge in [-0.15, -0.1) is 0 Å². The molecule has 0 bridgehead atoms. The highest BCUT2D eigenvalue weighted by atomic mass is 79.9. The standard InChI is InChI=1S/C14H16BrN3O/c1-3-10-5-7-11(8-6-10)19-13-12(15)9-17-14(18-13)16-4-2/h5-9H,3-4H2,1-2H3,(H,16,17,18). The smallest absolute Gasteiger partial charge is 0.238 e. The van der Waals surface area contributed by atoms with E-state index in [1.807, 2.05) is 19.1 Å². The molecule has 5 heteroatoms. The number of ether oxygens (including phenoxy) is 1. The summed E-state index contributed by atoms with van der Waals surface area (Å²) in [5.74, 6) is 1.83. The quantitative estimate of drug-likeness (QED) is 0.903. The molecule has 0 aliphatic heterocycles. The largest absolute Gasteiger partial charge is 0.438 e. The molecule has 0 unspecified atom stereocenters. The number of anilines is 1. The van der Waals surface area contributed by atoms with E-state index in [2.05, 4.69) is 50.3 Å². The van der Waals surface area contributed by atoms with Gasteiger partial charge in [-0.05, 0) is 47.0 Å². The molecule has 1 N–H and O–H groups in total. The van der Waals surface area contributed by atoms with Crippen LogP contribution in [0.2, 0.25) is 0 Å². The molecule has 1 aromatic heterocycles. The molecule has 0 amide bonds. The molecule has 0 radical (unpaired) electrons. The molecule has 100 valence electrons. The van der Waals surface area contributed by atoms with E-state index in [0.717, 1.165) is 23.2 Å². The molecule has 1 heterocycles. The Labute approximate surface area is 121 Å². The Morgan fingerprint density at radius 1 is 1.21 bits per heavy atom. The molecule has 0 atom stereocenters. The zero-order valence-electron chi connectivity index (χ0n) is 11.0. The summed E-state index contributed by atoms with van der Waals surface area (Å²) in [4.78, 5) is 8.46. The second kappa shape index (κ2) is 6.52. The zero-order valence-corrected chi connectivity index (χ0v) is 12.6. The van der Waals surface area contributed by atoms with E-state index in [9.17, 15) is 0 Å². The predicted molar refractivity (Wildman–Crippen MR) is 79.8 cm³/mol. The number of aryl methyl sites for hydroxylation is 1. The van der Waals surface area contributed by atoms with Gasteiger partial charge in [0.05, 0.1) is 10.7 Å². The molecule has 0 aliphatic rings. The minimum atomic E-state index is 0.509. The first-order chi connectivity index (χ1) is 9.22. The van der Waals surface area contributed by atoms with E-state index in [0.29, 0.717) is 11.8 Å². The molecule has 0 spiro atoms. The topological polar surface area (TPSA) is 47.0 Å². The highest BCUT2D eigenvalue weighted by Crippen LogP contribution is 2.28. The van der Waals surface area contributed by atoms with Gasteiger partial charge in [0.2, 0.25) is 11.8 Å². The maximum absolute atomic E-state index is 5.76. The lowest BCUT2D eigenvalue weighted by molar-refractivity contribution is 0.458. The monoisotopic (exact) mass is 321 g/mol. The lowest BCUT2D eigenvalue weighted by atomic mass is 10.2. The summed E-state index contributed by atoms with van der Waals surface area (Å²) in [6, 6.07) is 7.99. The summed E-state index contributed by atoms with van der Waals surface area (Å²) in [6.07, 6.45) is 2.70. The summed E-state index contributed by atoms with van der Waals surface area (Å²) in [7, 11) is 0. The Kier molecular flexibility index (Phi) is 4.74. The minimum absolute atomic E-state index is 0.509. The van der Waals surface area contributed by atoms with Crippen LogP contribution in [0, 0.1) is 0 Å². The molecule has 1 aromatic carbocycles. The van der Waals surface area contributed by atoms with Crippen molar-refractivity contribution in [3.8, 4) is 11.6 Å². The molecule has 2 aromatic rings. The fourth-order valence-corrected chi connectivity index (χ4v) is 1.84. The second-order valence-electron chi connectivity index (χ2n) is 3.98. The van der Waals surface area contributed by atoms with Crippen LogP contribution in [0.1, 0.15) is 19.4 Å². The normalized spacial score (nSPS) is 10.3. The average Bonchev–Trinajstić information content (AvgIpc) is 2.44. The van der Waals surface area contributed by atoms with E-state index in [1.165, 1.54) is 5.56 Å². The number of nitrogens with zero attached hydrogens (tertiary/aromatic N) is 2. The van der Waals surface area contributed by atoms with E-state index in [-0.39, 0.29) is 0 Å². The number of benzene rings is 1. The van der Waals surface area contributed by atoms with Crippen molar-refractivity contribution in [1.82, 2.24) is 9.97 Å². The maximum Gasteiger partial charge on any atom is 0.238 e. The van der Waals surface area contributed by atoms with E-state index >= 15 is 0 Å². The van der Waals surface area contributed by atoms with Crippen LogP contribution >= 0.6 is 15.9 Å². The van der Waals surface area contributed by atoms with Crippen molar-refractivity contribution >= 4 is 21.9 Å². The first-order valence-electron chi connectivity index (χ1n) is 6.26. The Bertz CT molecular complexity index is 543. The van der Waals surface area contributed by atoms with Crippen LogP contribution in [0.25, 0.3) is 0 Å². The Hall–Kier alpha value is -1.62. The Morgan fingerprint density at radius 3 is 2.58 bits per heavy atom. The highest BCUT2D eigenvalue weighted by Gasteiger charge is 2.07. The number of hydrogen-bond donors (Lipinski definition) is 1. The average molecular weight is 322 g/mol. The van der Waals surface area contributed by atoms with Gasteiger partial charge in [-0.1, -0.05) is 19.1 Å². The third-order valence-electron chi connectivity index (χ3n) is 2.59. The van der Waals surface area contributed by atoms with Crippen LogP contribution in [0.4, 0.5) is 5.95 Å². The molecule has 4 nitrogen and oxygen atoms in total. The Morgan fingerprint density at radius 2 is 1.95 bits per heavy atom. The maximum atomic E-state index is 5.76. The molecule has 0 fully saturated rings. The molecule has 0 aliphatic carbocycles. The molecule has 0 saturated heterocycles. The van der Waals surface area contributed by atoms with Crippen LogP contribution in [0.5, 0.6) is 11.6 Å². The predicted octanol–water partition coefficient (Wildman–Crippen LogP) is 4.03. The Balaban J connectivity index is 2.18. The summed E-state index contributed by atoms with van der Waals surface area (Å²) >= 11 is 3.39. The molecule has 19 heavy (non-hydrogen) atoms. The second-order valence-corrected chi connectivity index (χ2v) is 4.83. The van der Waals surface area contributed by atoms with Gasteiger partial charge in [-0.2, -0.15) is 4.98 Å². The van der Waals surface area contributed by atoms with Gasteiger partial charge < -0.3 is 10.1 Å². The van der Waals surface area contributed by atoms with E-state index in [4.69, 9.17) is 4.74 Å². The van der Waals surface area contributed by atoms with Gasteiger partial charge in [-0.3, -0.25) is 0 Å². The third kappa shape index (κ3) is 3.67. The van der Waals surface area contributed by atoms with Crippen LogP contribution in [-0.4, -0.2) is 16.5 Å². The number of hydrogen-bond acceptors (Lipinski definition) is 4. The van der Waals surface area contributed by atoms with Crippen molar-refractivity contribution in [1.29, 1.82) is 0 Å².